The van der Waals surface area contributed by atoms with E-state index in [1.807, 2.05) is 35.8 Å². The largest absolute Gasteiger partial charge is 0.245 e. The molecule has 2 aromatic heterocycles. The molecule has 0 aliphatic heterocycles. The molecular weight excluding hydrogens is 270 g/mol. The smallest absolute Gasteiger partial charge is 0.161 e. The summed E-state index contributed by atoms with van der Waals surface area (Å²) in [5.41, 5.74) is 0.939. The molecule has 0 radical (unpaired) electrons. The monoisotopic (exact) mass is 291 g/mol. The molecule has 108 valence electrons. The van der Waals surface area contributed by atoms with E-state index in [0.29, 0.717) is 0 Å². The van der Waals surface area contributed by atoms with Gasteiger partial charge in [-0.25, -0.2) is 19.6 Å². The van der Waals surface area contributed by atoms with E-state index >= 15 is 0 Å². The summed E-state index contributed by atoms with van der Waals surface area (Å²) in [6.07, 6.45) is 8.90. The molecule has 0 amide bonds. The van der Waals surface area contributed by atoms with Gasteiger partial charge in [-0.15, -0.1) is 0 Å². The first kappa shape index (κ1) is 15.0. The van der Waals surface area contributed by atoms with E-state index in [9.17, 15) is 0 Å². The Morgan fingerprint density at radius 3 is 2.65 bits per heavy atom. The molecule has 0 unspecified atom stereocenters. The van der Waals surface area contributed by atoms with Crippen LogP contribution in [0.5, 0.6) is 0 Å². The lowest BCUT2D eigenvalue weighted by atomic mass is 10.3. The Bertz CT molecular complexity index is 535. The highest BCUT2D eigenvalue weighted by molar-refractivity contribution is 7.98. The highest BCUT2D eigenvalue weighted by Crippen LogP contribution is 2.17. The summed E-state index contributed by atoms with van der Waals surface area (Å²) in [4.78, 5) is 13.2. The van der Waals surface area contributed by atoms with E-state index in [1.54, 1.807) is 0 Å². The highest BCUT2D eigenvalue weighted by atomic mass is 32.2. The number of nitrogens with zero attached hydrogens (tertiary/aromatic N) is 5. The SMILES string of the molecule is CCCCn1nc(CCSC)nc1-c1cnc(C)nc1. The first-order chi connectivity index (χ1) is 9.74. The fourth-order valence-electron chi connectivity index (χ4n) is 1.87. The van der Waals surface area contributed by atoms with Crippen LogP contribution in [0.2, 0.25) is 0 Å². The van der Waals surface area contributed by atoms with Gasteiger partial charge in [-0.1, -0.05) is 13.3 Å². The number of unbranched alkanes of at least 4 members (excludes halogenated alkanes) is 1. The summed E-state index contributed by atoms with van der Waals surface area (Å²) in [6, 6.07) is 0. The minimum atomic E-state index is 0.774. The van der Waals surface area contributed by atoms with E-state index < -0.39 is 0 Å². The van der Waals surface area contributed by atoms with Crippen LogP contribution in [0.3, 0.4) is 0 Å². The van der Waals surface area contributed by atoms with Crippen LogP contribution < -0.4 is 0 Å². The summed E-state index contributed by atoms with van der Waals surface area (Å²) in [7, 11) is 0. The zero-order valence-corrected chi connectivity index (χ0v) is 13.2. The maximum Gasteiger partial charge on any atom is 0.161 e. The van der Waals surface area contributed by atoms with Crippen molar-refractivity contribution in [3.05, 3.63) is 24.0 Å². The van der Waals surface area contributed by atoms with Crippen LogP contribution in [0.25, 0.3) is 11.4 Å². The first-order valence-corrected chi connectivity index (χ1v) is 8.35. The molecular formula is C14H21N5S. The lowest BCUT2D eigenvalue weighted by Crippen LogP contribution is -2.03. The van der Waals surface area contributed by atoms with Crippen molar-refractivity contribution in [2.75, 3.05) is 12.0 Å². The molecule has 0 saturated carbocycles. The van der Waals surface area contributed by atoms with Crippen molar-refractivity contribution in [1.82, 2.24) is 24.7 Å². The molecule has 0 spiro atoms. The molecule has 0 aliphatic carbocycles. The summed E-state index contributed by atoms with van der Waals surface area (Å²) in [5, 5.41) is 4.62. The molecule has 2 rings (SSSR count). The Labute approximate surface area is 124 Å². The molecule has 2 aromatic rings. The van der Waals surface area contributed by atoms with Crippen molar-refractivity contribution >= 4 is 11.8 Å². The number of aryl methyl sites for hydroxylation is 3. The van der Waals surface area contributed by atoms with Gasteiger partial charge in [-0.05, 0) is 19.6 Å². The quantitative estimate of drug-likeness (QED) is 0.785. The third-order valence-corrected chi connectivity index (χ3v) is 3.62. The predicted molar refractivity (Wildman–Crippen MR) is 82.8 cm³/mol. The molecule has 0 bridgehead atoms. The van der Waals surface area contributed by atoms with Crippen LogP contribution in [-0.4, -0.2) is 36.7 Å². The summed E-state index contributed by atoms with van der Waals surface area (Å²) < 4.78 is 1.99. The molecule has 5 nitrogen and oxygen atoms in total. The van der Waals surface area contributed by atoms with Gasteiger partial charge >= 0.3 is 0 Å². The minimum Gasteiger partial charge on any atom is -0.245 e. The van der Waals surface area contributed by atoms with Crippen LogP contribution >= 0.6 is 11.8 Å². The van der Waals surface area contributed by atoms with E-state index in [-0.39, 0.29) is 0 Å². The van der Waals surface area contributed by atoms with Crippen LogP contribution in [0.1, 0.15) is 31.4 Å². The maximum atomic E-state index is 4.66. The van der Waals surface area contributed by atoms with E-state index in [1.165, 1.54) is 0 Å². The van der Waals surface area contributed by atoms with Gasteiger partial charge in [0.1, 0.15) is 5.82 Å². The van der Waals surface area contributed by atoms with Crippen molar-refractivity contribution in [3.8, 4) is 11.4 Å². The van der Waals surface area contributed by atoms with Crippen molar-refractivity contribution in [1.29, 1.82) is 0 Å². The average molecular weight is 291 g/mol. The third kappa shape index (κ3) is 3.79. The highest BCUT2D eigenvalue weighted by Gasteiger charge is 2.12. The minimum absolute atomic E-state index is 0.774. The normalized spacial score (nSPS) is 10.9. The summed E-state index contributed by atoms with van der Waals surface area (Å²) in [6.45, 7) is 4.96. The maximum absolute atomic E-state index is 4.66. The van der Waals surface area contributed by atoms with E-state index in [0.717, 1.165) is 54.6 Å². The third-order valence-electron chi connectivity index (χ3n) is 3.01. The number of hydrogen-bond donors (Lipinski definition) is 0. The van der Waals surface area contributed by atoms with Crippen molar-refractivity contribution in [2.24, 2.45) is 0 Å². The van der Waals surface area contributed by atoms with Crippen LogP contribution in [0, 0.1) is 6.92 Å². The first-order valence-electron chi connectivity index (χ1n) is 6.96. The van der Waals surface area contributed by atoms with Gasteiger partial charge in [-0.3, -0.25) is 0 Å². The van der Waals surface area contributed by atoms with Crippen LogP contribution in [0.4, 0.5) is 0 Å². The second-order valence-electron chi connectivity index (χ2n) is 4.69. The zero-order chi connectivity index (χ0) is 14.4. The standard InChI is InChI=1S/C14H21N5S/c1-4-5-7-19-14(12-9-15-11(2)16-10-12)17-13(18-19)6-8-20-3/h9-10H,4-8H2,1-3H3. The number of thioether (sulfide) groups is 1. The lowest BCUT2D eigenvalue weighted by molar-refractivity contribution is 0.571. The van der Waals surface area contributed by atoms with Gasteiger partial charge in [0.05, 0.1) is 5.56 Å². The lowest BCUT2D eigenvalue weighted by Gasteiger charge is -2.04. The number of rotatable bonds is 7. The molecule has 0 saturated heterocycles. The molecule has 0 N–H and O–H groups in total. The molecule has 2 heterocycles. The second-order valence-corrected chi connectivity index (χ2v) is 5.68. The summed E-state index contributed by atoms with van der Waals surface area (Å²) in [5.74, 6) is 3.61. The summed E-state index contributed by atoms with van der Waals surface area (Å²) >= 11 is 1.81. The fourth-order valence-corrected chi connectivity index (χ4v) is 2.26. The Kier molecular flexibility index (Phi) is 5.52. The van der Waals surface area contributed by atoms with E-state index in [2.05, 4.69) is 33.2 Å². The zero-order valence-electron chi connectivity index (χ0n) is 12.3. The fraction of sp³-hybridized carbons (Fsp3) is 0.571. The van der Waals surface area contributed by atoms with Crippen molar-refractivity contribution in [3.63, 3.8) is 0 Å². The van der Waals surface area contributed by atoms with Gasteiger partial charge < -0.3 is 0 Å². The Hall–Kier alpha value is -1.43. The second kappa shape index (κ2) is 7.38. The van der Waals surface area contributed by atoms with Gasteiger partial charge in [0, 0.05) is 31.1 Å². The van der Waals surface area contributed by atoms with Gasteiger partial charge in [0.15, 0.2) is 11.6 Å². The molecule has 0 atom stereocenters. The van der Waals surface area contributed by atoms with Crippen molar-refractivity contribution in [2.45, 2.75) is 39.7 Å². The van der Waals surface area contributed by atoms with Gasteiger partial charge in [0.2, 0.25) is 0 Å². The van der Waals surface area contributed by atoms with Crippen LogP contribution in [0.15, 0.2) is 12.4 Å². The average Bonchev–Trinajstić information content (AvgIpc) is 2.87. The van der Waals surface area contributed by atoms with Crippen LogP contribution in [-0.2, 0) is 13.0 Å². The Morgan fingerprint density at radius 1 is 1.25 bits per heavy atom. The topological polar surface area (TPSA) is 56.5 Å². The predicted octanol–water partition coefficient (Wildman–Crippen LogP) is 2.75. The molecule has 6 heteroatoms. The molecule has 0 aromatic carbocycles. The van der Waals surface area contributed by atoms with Gasteiger partial charge in [-0.2, -0.15) is 16.9 Å². The molecule has 20 heavy (non-hydrogen) atoms. The molecule has 0 aliphatic rings. The number of aromatic nitrogens is 5. The van der Waals surface area contributed by atoms with E-state index in [4.69, 9.17) is 0 Å². The van der Waals surface area contributed by atoms with Crippen molar-refractivity contribution < 1.29 is 0 Å². The Balaban J connectivity index is 2.27. The Morgan fingerprint density at radius 2 is 2.00 bits per heavy atom. The van der Waals surface area contributed by atoms with Gasteiger partial charge in [0.25, 0.3) is 0 Å². The molecule has 0 fully saturated rings. The number of hydrogen-bond acceptors (Lipinski definition) is 5.